The van der Waals surface area contributed by atoms with Crippen LogP contribution in [0.4, 0.5) is 0 Å². The predicted molar refractivity (Wildman–Crippen MR) is 55.5 cm³/mol. The Morgan fingerprint density at radius 2 is 2.12 bits per heavy atom. The molecule has 7 nitrogen and oxygen atoms in total. The first-order chi connectivity index (χ1) is 7.63. The van der Waals surface area contributed by atoms with Crippen LogP contribution >= 0.6 is 0 Å². The van der Waals surface area contributed by atoms with E-state index in [-0.39, 0.29) is 23.2 Å². The molecule has 2 heterocycles. The minimum absolute atomic E-state index is 0.0388. The van der Waals surface area contributed by atoms with Crippen LogP contribution in [0, 0.1) is 0 Å². The summed E-state index contributed by atoms with van der Waals surface area (Å²) in [5.74, 6) is -0.691. The van der Waals surface area contributed by atoms with Gasteiger partial charge in [-0.1, -0.05) is 0 Å². The topological polar surface area (TPSA) is 108 Å². The summed E-state index contributed by atoms with van der Waals surface area (Å²) in [5.41, 5.74) is -0.816. The summed E-state index contributed by atoms with van der Waals surface area (Å²) in [7, 11) is 0. The molecule has 0 aliphatic carbocycles. The minimum Gasteiger partial charge on any atom is -0.462 e. The number of aromatic amines is 3. The highest BCUT2D eigenvalue weighted by atomic mass is 16.5. The zero-order chi connectivity index (χ0) is 11.7. The predicted octanol–water partition coefficient (Wildman–Crippen LogP) is -0.279. The van der Waals surface area contributed by atoms with Crippen molar-refractivity contribution in [1.29, 1.82) is 0 Å². The lowest BCUT2D eigenvalue weighted by atomic mass is 10.2. The number of rotatable bonds is 2. The van der Waals surface area contributed by atoms with Gasteiger partial charge in [0.15, 0.2) is 0 Å². The number of carbonyl (C=O) groups excluding carboxylic acids is 1. The number of ether oxygens (including phenoxy) is 1. The molecule has 0 aliphatic heterocycles. The maximum atomic E-state index is 11.5. The lowest BCUT2D eigenvalue weighted by Gasteiger charge is -2.01. The van der Waals surface area contributed by atoms with Crippen LogP contribution in [0.2, 0.25) is 0 Å². The molecule has 84 valence electrons. The van der Waals surface area contributed by atoms with Crippen LogP contribution in [0.3, 0.4) is 0 Å². The Hall–Kier alpha value is -2.31. The quantitative estimate of drug-likeness (QED) is 0.608. The van der Waals surface area contributed by atoms with E-state index in [9.17, 15) is 14.4 Å². The van der Waals surface area contributed by atoms with E-state index >= 15 is 0 Å². The molecule has 16 heavy (non-hydrogen) atoms. The van der Waals surface area contributed by atoms with Gasteiger partial charge in [-0.05, 0) is 6.92 Å². The van der Waals surface area contributed by atoms with E-state index in [1.807, 2.05) is 0 Å². The summed E-state index contributed by atoms with van der Waals surface area (Å²) < 4.78 is 4.76. The van der Waals surface area contributed by atoms with Crippen LogP contribution in [-0.2, 0) is 4.74 Å². The molecule has 0 saturated carbocycles. The van der Waals surface area contributed by atoms with E-state index in [2.05, 4.69) is 15.2 Å². The average Bonchev–Trinajstić information content (AvgIpc) is 2.59. The van der Waals surface area contributed by atoms with Crippen molar-refractivity contribution in [3.05, 3.63) is 32.3 Å². The zero-order valence-corrected chi connectivity index (χ0v) is 8.42. The maximum Gasteiger partial charge on any atom is 0.339 e. The molecule has 2 aromatic rings. The number of carbonyl (C=O) groups is 1. The Morgan fingerprint density at radius 3 is 2.81 bits per heavy atom. The maximum absolute atomic E-state index is 11.5. The smallest absolute Gasteiger partial charge is 0.339 e. The fourth-order valence-corrected chi connectivity index (χ4v) is 1.44. The van der Waals surface area contributed by atoms with Crippen molar-refractivity contribution in [2.45, 2.75) is 6.92 Å². The van der Waals surface area contributed by atoms with Crippen LogP contribution in [0.25, 0.3) is 11.0 Å². The van der Waals surface area contributed by atoms with Crippen molar-refractivity contribution in [1.82, 2.24) is 15.2 Å². The molecule has 7 heteroatoms. The molecule has 0 atom stereocenters. The Balaban J connectivity index is 2.76. The highest BCUT2D eigenvalue weighted by Gasteiger charge is 2.16. The van der Waals surface area contributed by atoms with E-state index in [1.165, 1.54) is 0 Å². The third kappa shape index (κ3) is 1.52. The average molecular weight is 223 g/mol. The molecule has 2 aromatic heterocycles. The van der Waals surface area contributed by atoms with Crippen molar-refractivity contribution in [3.63, 3.8) is 0 Å². The summed E-state index contributed by atoms with van der Waals surface area (Å²) >= 11 is 0. The van der Waals surface area contributed by atoms with Crippen LogP contribution in [-0.4, -0.2) is 27.8 Å². The van der Waals surface area contributed by atoms with Gasteiger partial charge in [0, 0.05) is 6.07 Å². The van der Waals surface area contributed by atoms with Crippen molar-refractivity contribution >= 4 is 17.0 Å². The van der Waals surface area contributed by atoms with E-state index in [4.69, 9.17) is 4.74 Å². The van der Waals surface area contributed by atoms with Gasteiger partial charge in [-0.2, -0.15) is 0 Å². The van der Waals surface area contributed by atoms with Gasteiger partial charge in [0.2, 0.25) is 5.56 Å². The van der Waals surface area contributed by atoms with Gasteiger partial charge in [-0.25, -0.2) is 4.79 Å². The standard InChI is InChI=1S/C9H9N3O4/c1-2-16-9(15)4-3-5(13)10-7-6(4)8(14)12-11-7/h3H,2H2,1H3,(H3,10,11,12,13,14). The molecule has 0 bridgehead atoms. The summed E-state index contributed by atoms with van der Waals surface area (Å²) in [4.78, 5) is 36.5. The first-order valence-corrected chi connectivity index (χ1v) is 4.64. The fourth-order valence-electron chi connectivity index (χ4n) is 1.44. The van der Waals surface area contributed by atoms with Gasteiger partial charge in [-0.15, -0.1) is 0 Å². The fraction of sp³-hybridized carbons (Fsp3) is 0.222. The zero-order valence-electron chi connectivity index (χ0n) is 8.42. The van der Waals surface area contributed by atoms with Crippen molar-refractivity contribution in [3.8, 4) is 0 Å². The largest absolute Gasteiger partial charge is 0.462 e. The third-order valence-electron chi connectivity index (χ3n) is 2.07. The Bertz CT molecular complexity index is 649. The number of hydrogen-bond donors (Lipinski definition) is 3. The summed E-state index contributed by atoms with van der Waals surface area (Å²) in [5, 5.41) is 4.84. The second kappa shape index (κ2) is 3.69. The summed E-state index contributed by atoms with van der Waals surface area (Å²) in [6.07, 6.45) is 0. The molecule has 3 N–H and O–H groups in total. The van der Waals surface area contributed by atoms with Gasteiger partial charge in [0.25, 0.3) is 5.56 Å². The molecule has 2 rings (SSSR count). The normalized spacial score (nSPS) is 10.6. The van der Waals surface area contributed by atoms with E-state index in [0.717, 1.165) is 6.07 Å². The number of hydrogen-bond acceptors (Lipinski definition) is 4. The highest BCUT2D eigenvalue weighted by molar-refractivity contribution is 6.01. The summed E-state index contributed by atoms with van der Waals surface area (Å²) in [6.45, 7) is 1.82. The molecule has 0 spiro atoms. The molecule has 0 amide bonds. The molecule has 0 saturated heterocycles. The number of nitrogens with one attached hydrogen (secondary N) is 3. The van der Waals surface area contributed by atoms with Crippen LogP contribution in [0.15, 0.2) is 15.7 Å². The van der Waals surface area contributed by atoms with Gasteiger partial charge in [-0.3, -0.25) is 19.8 Å². The highest BCUT2D eigenvalue weighted by Crippen LogP contribution is 2.08. The van der Waals surface area contributed by atoms with E-state index in [1.54, 1.807) is 6.92 Å². The molecule has 0 aliphatic rings. The summed E-state index contributed by atoms with van der Waals surface area (Å²) in [6, 6.07) is 1.05. The number of pyridine rings is 1. The number of H-pyrrole nitrogens is 3. The van der Waals surface area contributed by atoms with Gasteiger partial charge in [0.1, 0.15) is 5.65 Å². The monoisotopic (exact) mass is 223 g/mol. The van der Waals surface area contributed by atoms with Crippen LogP contribution in [0.1, 0.15) is 17.3 Å². The van der Waals surface area contributed by atoms with Crippen molar-refractivity contribution < 1.29 is 9.53 Å². The number of fused-ring (bicyclic) bond motifs is 1. The first kappa shape index (κ1) is 10.2. The SMILES string of the molecule is CCOC(=O)c1cc(=O)[nH]c2[nH][nH]c(=O)c12. The molecular formula is C9H9N3O4. The van der Waals surface area contributed by atoms with Crippen LogP contribution in [0.5, 0.6) is 0 Å². The number of esters is 1. The van der Waals surface area contributed by atoms with Crippen molar-refractivity contribution in [2.24, 2.45) is 0 Å². The first-order valence-electron chi connectivity index (χ1n) is 4.64. The second-order valence-electron chi connectivity index (χ2n) is 3.10. The molecule has 0 aromatic carbocycles. The van der Waals surface area contributed by atoms with Crippen LogP contribution < -0.4 is 11.1 Å². The Kier molecular flexibility index (Phi) is 2.35. The van der Waals surface area contributed by atoms with E-state index < -0.39 is 17.1 Å². The van der Waals surface area contributed by atoms with Gasteiger partial charge in [0.05, 0.1) is 17.6 Å². The Labute approximate surface area is 88.4 Å². The molecular weight excluding hydrogens is 214 g/mol. The lowest BCUT2D eigenvalue weighted by molar-refractivity contribution is 0.0528. The molecule has 0 fully saturated rings. The lowest BCUT2D eigenvalue weighted by Crippen LogP contribution is -2.15. The minimum atomic E-state index is -0.691. The molecule has 0 radical (unpaired) electrons. The molecule has 0 unspecified atom stereocenters. The number of aromatic nitrogens is 3. The van der Waals surface area contributed by atoms with Gasteiger partial charge < -0.3 is 9.72 Å². The van der Waals surface area contributed by atoms with E-state index in [0.29, 0.717) is 0 Å². The Morgan fingerprint density at radius 1 is 1.38 bits per heavy atom. The second-order valence-corrected chi connectivity index (χ2v) is 3.10. The van der Waals surface area contributed by atoms with Crippen molar-refractivity contribution in [2.75, 3.05) is 6.61 Å². The third-order valence-corrected chi connectivity index (χ3v) is 2.07. The van der Waals surface area contributed by atoms with Gasteiger partial charge >= 0.3 is 5.97 Å².